The third kappa shape index (κ3) is 5.89. The van der Waals surface area contributed by atoms with Gasteiger partial charge in [0.25, 0.3) is 0 Å². The van der Waals surface area contributed by atoms with Crippen molar-refractivity contribution < 1.29 is 14.7 Å². The van der Waals surface area contributed by atoms with Gasteiger partial charge in [0, 0.05) is 18.6 Å². The molecule has 5 heteroatoms. The molecule has 2 amide bonds. The number of carboxylic acids is 1. The quantitative estimate of drug-likeness (QED) is 0.702. The zero-order valence-electron chi connectivity index (χ0n) is 11.9. The summed E-state index contributed by atoms with van der Waals surface area (Å²) in [4.78, 5) is 24.3. The Kier molecular flexibility index (Phi) is 8.16. The Morgan fingerprint density at radius 3 is 2.28 bits per heavy atom. The second-order valence-electron chi connectivity index (χ2n) is 4.58. The Labute approximate surface area is 110 Å². The Morgan fingerprint density at radius 2 is 1.89 bits per heavy atom. The van der Waals surface area contributed by atoms with E-state index in [1.54, 1.807) is 11.8 Å². The molecule has 0 aliphatic heterocycles. The van der Waals surface area contributed by atoms with Gasteiger partial charge in [0.2, 0.25) is 0 Å². The lowest BCUT2D eigenvalue weighted by molar-refractivity contribution is -0.138. The van der Waals surface area contributed by atoms with E-state index in [-0.39, 0.29) is 24.5 Å². The van der Waals surface area contributed by atoms with Crippen LogP contribution in [0.25, 0.3) is 0 Å². The molecule has 0 saturated heterocycles. The number of urea groups is 1. The maximum atomic E-state index is 12.1. The van der Waals surface area contributed by atoms with Gasteiger partial charge < -0.3 is 15.3 Å². The number of hydrogen-bond acceptors (Lipinski definition) is 2. The number of amides is 2. The van der Waals surface area contributed by atoms with E-state index in [0.29, 0.717) is 6.54 Å². The van der Waals surface area contributed by atoms with Crippen molar-refractivity contribution >= 4 is 12.0 Å². The first kappa shape index (κ1) is 16.7. The van der Waals surface area contributed by atoms with Crippen molar-refractivity contribution in [1.82, 2.24) is 10.2 Å². The third-order valence-corrected chi connectivity index (χ3v) is 3.06. The van der Waals surface area contributed by atoms with Gasteiger partial charge in [-0.25, -0.2) is 4.79 Å². The number of carbonyl (C=O) groups is 2. The number of hydrogen-bond donors (Lipinski definition) is 2. The number of nitrogens with zero attached hydrogens (tertiary/aromatic N) is 1. The summed E-state index contributed by atoms with van der Waals surface area (Å²) < 4.78 is 0. The van der Waals surface area contributed by atoms with Crippen molar-refractivity contribution in [2.75, 3.05) is 6.54 Å². The molecule has 18 heavy (non-hydrogen) atoms. The summed E-state index contributed by atoms with van der Waals surface area (Å²) in [6.45, 7) is 8.26. The number of rotatable bonds is 8. The Balaban J connectivity index is 4.45. The summed E-state index contributed by atoms with van der Waals surface area (Å²) in [5.74, 6) is -0.880. The van der Waals surface area contributed by atoms with Crippen LogP contribution < -0.4 is 5.32 Å². The minimum atomic E-state index is -0.880. The molecule has 0 spiro atoms. The average Bonchev–Trinajstić information content (AvgIpc) is 2.28. The second kappa shape index (κ2) is 8.78. The maximum Gasteiger partial charge on any atom is 0.317 e. The van der Waals surface area contributed by atoms with E-state index in [4.69, 9.17) is 5.11 Å². The van der Waals surface area contributed by atoms with Crippen LogP contribution in [0.15, 0.2) is 0 Å². The molecular weight excluding hydrogens is 232 g/mol. The van der Waals surface area contributed by atoms with Gasteiger partial charge in [-0.15, -0.1) is 0 Å². The van der Waals surface area contributed by atoms with Gasteiger partial charge in [0.15, 0.2) is 0 Å². The van der Waals surface area contributed by atoms with Gasteiger partial charge in [0.1, 0.15) is 0 Å². The molecule has 0 rings (SSSR count). The van der Waals surface area contributed by atoms with Crippen LogP contribution in [0.4, 0.5) is 4.79 Å². The van der Waals surface area contributed by atoms with E-state index in [9.17, 15) is 9.59 Å². The Bertz CT molecular complexity index is 269. The highest BCUT2D eigenvalue weighted by atomic mass is 16.4. The van der Waals surface area contributed by atoms with Gasteiger partial charge in [-0.05, 0) is 26.7 Å². The second-order valence-corrected chi connectivity index (χ2v) is 4.58. The molecule has 0 fully saturated rings. The topological polar surface area (TPSA) is 69.6 Å². The minimum Gasteiger partial charge on any atom is -0.481 e. The molecule has 0 aromatic carbocycles. The number of carboxylic acid groups (broad SMARTS) is 1. The number of nitrogens with one attached hydrogen (secondary N) is 1. The van der Waals surface area contributed by atoms with Crippen LogP contribution in [0.3, 0.4) is 0 Å². The van der Waals surface area contributed by atoms with E-state index < -0.39 is 5.97 Å². The van der Waals surface area contributed by atoms with Crippen molar-refractivity contribution in [3.05, 3.63) is 0 Å². The van der Waals surface area contributed by atoms with Crippen LogP contribution in [0.2, 0.25) is 0 Å². The van der Waals surface area contributed by atoms with Gasteiger partial charge >= 0.3 is 12.0 Å². The molecule has 0 aromatic rings. The number of aliphatic carboxylic acids is 1. The van der Waals surface area contributed by atoms with Crippen LogP contribution in [0, 0.1) is 0 Å². The summed E-state index contributed by atoms with van der Waals surface area (Å²) in [5, 5.41) is 11.7. The zero-order chi connectivity index (χ0) is 14.1. The van der Waals surface area contributed by atoms with Crippen molar-refractivity contribution in [2.45, 2.75) is 65.5 Å². The summed E-state index contributed by atoms with van der Waals surface area (Å²) in [5.41, 5.74) is 0. The fraction of sp³-hybridized carbons (Fsp3) is 0.846. The molecule has 0 radical (unpaired) electrons. The average molecular weight is 258 g/mol. The smallest absolute Gasteiger partial charge is 0.317 e. The standard InChI is InChI=1S/C13H26N2O3/c1-5-8-11(6-2)14-13(18)15(7-3)10(4)9-12(16)17/h10-11H,5-9H2,1-4H3,(H,14,18)(H,16,17). The molecule has 5 nitrogen and oxygen atoms in total. The highest BCUT2D eigenvalue weighted by molar-refractivity contribution is 5.76. The van der Waals surface area contributed by atoms with E-state index in [2.05, 4.69) is 12.2 Å². The summed E-state index contributed by atoms with van der Waals surface area (Å²) in [6.07, 6.45) is 2.85. The molecular formula is C13H26N2O3. The maximum absolute atomic E-state index is 12.1. The monoisotopic (exact) mass is 258 g/mol. The first-order valence-corrected chi connectivity index (χ1v) is 6.75. The van der Waals surface area contributed by atoms with Crippen LogP contribution in [-0.2, 0) is 4.79 Å². The fourth-order valence-electron chi connectivity index (χ4n) is 2.00. The zero-order valence-corrected chi connectivity index (χ0v) is 11.9. The fourth-order valence-corrected chi connectivity index (χ4v) is 2.00. The van der Waals surface area contributed by atoms with Crippen LogP contribution >= 0.6 is 0 Å². The Morgan fingerprint density at radius 1 is 1.28 bits per heavy atom. The van der Waals surface area contributed by atoms with Crippen molar-refractivity contribution in [3.63, 3.8) is 0 Å². The molecule has 2 atom stereocenters. The first-order chi connectivity index (χ1) is 8.46. The van der Waals surface area contributed by atoms with Gasteiger partial charge in [-0.1, -0.05) is 20.3 Å². The number of carbonyl (C=O) groups excluding carboxylic acids is 1. The third-order valence-electron chi connectivity index (χ3n) is 3.06. The molecule has 2 N–H and O–H groups in total. The predicted molar refractivity (Wildman–Crippen MR) is 71.6 cm³/mol. The van der Waals surface area contributed by atoms with E-state index >= 15 is 0 Å². The summed E-state index contributed by atoms with van der Waals surface area (Å²) >= 11 is 0. The van der Waals surface area contributed by atoms with Crippen LogP contribution in [0.5, 0.6) is 0 Å². The van der Waals surface area contributed by atoms with Crippen molar-refractivity contribution in [2.24, 2.45) is 0 Å². The SMILES string of the molecule is CCCC(CC)NC(=O)N(CC)C(C)CC(=O)O. The lowest BCUT2D eigenvalue weighted by Crippen LogP contribution is -2.48. The highest BCUT2D eigenvalue weighted by Crippen LogP contribution is 2.07. The molecule has 0 bridgehead atoms. The molecule has 0 aromatic heterocycles. The molecule has 2 unspecified atom stereocenters. The molecule has 0 heterocycles. The molecule has 106 valence electrons. The largest absolute Gasteiger partial charge is 0.481 e. The van der Waals surface area contributed by atoms with Crippen molar-refractivity contribution in [1.29, 1.82) is 0 Å². The molecule has 0 aliphatic carbocycles. The first-order valence-electron chi connectivity index (χ1n) is 6.75. The van der Waals surface area contributed by atoms with Crippen LogP contribution in [-0.4, -0.2) is 40.6 Å². The van der Waals surface area contributed by atoms with Gasteiger partial charge in [0.05, 0.1) is 6.42 Å². The van der Waals surface area contributed by atoms with Crippen LogP contribution in [0.1, 0.15) is 53.4 Å². The summed E-state index contributed by atoms with van der Waals surface area (Å²) in [7, 11) is 0. The van der Waals surface area contributed by atoms with E-state index in [0.717, 1.165) is 19.3 Å². The van der Waals surface area contributed by atoms with Crippen molar-refractivity contribution in [3.8, 4) is 0 Å². The Hall–Kier alpha value is -1.26. The lowest BCUT2D eigenvalue weighted by atomic mass is 10.1. The molecule has 0 aliphatic rings. The van der Waals surface area contributed by atoms with Gasteiger partial charge in [-0.2, -0.15) is 0 Å². The normalized spacial score (nSPS) is 13.8. The van der Waals surface area contributed by atoms with E-state index in [1.165, 1.54) is 0 Å². The minimum absolute atomic E-state index is 0.0220. The van der Waals surface area contributed by atoms with Gasteiger partial charge in [-0.3, -0.25) is 4.79 Å². The van der Waals surface area contributed by atoms with E-state index in [1.807, 2.05) is 13.8 Å². The summed E-state index contributed by atoms with van der Waals surface area (Å²) in [6, 6.07) is -0.272. The predicted octanol–water partition coefficient (Wildman–Crippen LogP) is 2.46. The lowest BCUT2D eigenvalue weighted by Gasteiger charge is -2.29. The molecule has 0 saturated carbocycles. The highest BCUT2D eigenvalue weighted by Gasteiger charge is 2.22.